The van der Waals surface area contributed by atoms with Crippen LogP contribution < -0.4 is 0 Å². The number of aromatic amines is 1. The van der Waals surface area contributed by atoms with E-state index in [1.807, 2.05) is 42.6 Å². The fraction of sp³-hybridized carbons (Fsp3) is 0.455. The molecule has 0 spiro atoms. The van der Waals surface area contributed by atoms with Crippen LogP contribution >= 0.6 is 113 Å². The van der Waals surface area contributed by atoms with Crippen molar-refractivity contribution >= 4 is 123 Å². The topological polar surface area (TPSA) is 142 Å². The Bertz CT molecular complexity index is 812. The molecule has 0 aliphatic heterocycles. The maximum absolute atomic E-state index is 10.3. The third-order valence-corrected chi connectivity index (χ3v) is 7.84. The van der Waals surface area contributed by atoms with Crippen LogP contribution in [0.25, 0.3) is 0 Å². The number of hydrogen-bond donors (Lipinski definition) is 5. The van der Waals surface area contributed by atoms with Crippen molar-refractivity contribution in [1.82, 2.24) is 9.97 Å². The van der Waals surface area contributed by atoms with Crippen LogP contribution in [-0.4, -0.2) is 92.5 Å². The third kappa shape index (κ3) is 53.3. The lowest BCUT2D eigenvalue weighted by molar-refractivity contribution is 0.200. The summed E-state index contributed by atoms with van der Waals surface area (Å²) >= 11 is 18.0. The number of pyridine rings is 2. The summed E-state index contributed by atoms with van der Waals surface area (Å²) in [6.45, 7) is 0.502. The first kappa shape index (κ1) is 50.9. The van der Waals surface area contributed by atoms with Crippen molar-refractivity contribution in [2.45, 2.75) is 12.5 Å². The normalized spacial score (nSPS) is 8.41. The van der Waals surface area contributed by atoms with Crippen molar-refractivity contribution in [3.05, 3.63) is 53.4 Å². The van der Waals surface area contributed by atoms with E-state index in [0.717, 1.165) is 26.2 Å². The third-order valence-electron chi connectivity index (χ3n) is 2.44. The number of thiol groups is 1. The van der Waals surface area contributed by atoms with Crippen molar-refractivity contribution in [3.8, 4) is 0 Å². The summed E-state index contributed by atoms with van der Waals surface area (Å²) < 4.78 is 9.19. The summed E-state index contributed by atoms with van der Waals surface area (Å²) in [4.78, 5) is 27.1. The number of aromatic nitrogens is 2. The number of carbonyl (C=O) groups is 2. The number of rotatable bonds is 8. The molecule has 0 amide bonds. The second-order valence-electron chi connectivity index (χ2n) is 5.19. The summed E-state index contributed by atoms with van der Waals surface area (Å²) in [5.41, 5.74) is 0. The summed E-state index contributed by atoms with van der Waals surface area (Å²) in [6, 6.07) is 11.4. The number of halogens is 3. The molecule has 2 aromatic rings. The average Bonchev–Trinajstić information content (AvgIpc) is 2.99. The summed E-state index contributed by atoms with van der Waals surface area (Å²) in [5, 5.41) is 24.9. The SMILES string of the molecule is C.COC(=O)SCl.COC(=O)SSCCO.ClCCl.OCCS.OCCSSc1ccccn1.S=c1cccc[nH]1. The van der Waals surface area contributed by atoms with Crippen LogP contribution in [0.3, 0.4) is 0 Å². The summed E-state index contributed by atoms with van der Waals surface area (Å²) in [5.74, 6) is 1.88. The van der Waals surface area contributed by atoms with E-state index < -0.39 is 5.30 Å². The Hall–Kier alpha value is 0.310. The molecule has 0 fully saturated rings. The lowest BCUT2D eigenvalue weighted by Crippen LogP contribution is -1.89. The minimum Gasteiger partial charge on any atom is -0.460 e. The molecule has 240 valence electrons. The first-order valence-corrected chi connectivity index (χ1v) is 18.8. The molecule has 2 heterocycles. The van der Waals surface area contributed by atoms with Gasteiger partial charge in [-0.05, 0) is 45.7 Å². The molecule has 0 atom stereocenters. The molecule has 2 rings (SSSR count). The molecule has 0 aromatic carbocycles. The van der Waals surface area contributed by atoms with E-state index in [4.69, 9.17) is 61.4 Å². The number of aliphatic hydroxyl groups excluding tert-OH is 3. The van der Waals surface area contributed by atoms with Crippen molar-refractivity contribution in [2.24, 2.45) is 0 Å². The minimum atomic E-state index is -0.475. The van der Waals surface area contributed by atoms with Gasteiger partial charge in [0.2, 0.25) is 0 Å². The Morgan fingerprint density at radius 3 is 1.83 bits per heavy atom. The molecule has 4 N–H and O–H groups in total. The van der Waals surface area contributed by atoms with Crippen LogP contribution in [0.2, 0.25) is 0 Å². The van der Waals surface area contributed by atoms with Crippen LogP contribution in [0.5, 0.6) is 0 Å². The summed E-state index contributed by atoms with van der Waals surface area (Å²) in [7, 11) is 13.5. The van der Waals surface area contributed by atoms with Crippen LogP contribution in [0.15, 0.2) is 53.8 Å². The Balaban J connectivity index is -0.000000132. The minimum absolute atomic E-state index is 0. The molecule has 0 unspecified atom stereocenters. The fourth-order valence-electron chi connectivity index (χ4n) is 1.11. The molecule has 0 saturated heterocycles. The Labute approximate surface area is 288 Å². The predicted octanol–water partition coefficient (Wildman–Crippen LogP) is 8.29. The number of nitrogens with zero attached hydrogens (tertiary/aromatic N) is 1. The van der Waals surface area contributed by atoms with Gasteiger partial charge in [-0.3, -0.25) is 0 Å². The highest BCUT2D eigenvalue weighted by molar-refractivity contribution is 8.82. The summed E-state index contributed by atoms with van der Waals surface area (Å²) in [6.07, 6.45) is 3.57. The molecule has 0 radical (unpaired) electrons. The lowest BCUT2D eigenvalue weighted by Gasteiger charge is -1.95. The molecule has 41 heavy (non-hydrogen) atoms. The number of hydrogen-bond acceptors (Lipinski definition) is 15. The second-order valence-corrected chi connectivity index (χ2v) is 12.6. The smallest absolute Gasteiger partial charge is 0.382 e. The quantitative estimate of drug-likeness (QED) is 0.0439. The number of H-pyrrole nitrogens is 1. The number of carbonyl (C=O) groups excluding carboxylic acids is 2. The highest BCUT2D eigenvalue weighted by Gasteiger charge is 1.98. The average molecular weight is 772 g/mol. The maximum Gasteiger partial charge on any atom is 0.382 e. The molecule has 0 aliphatic rings. The Morgan fingerprint density at radius 1 is 0.976 bits per heavy atom. The fourth-order valence-corrected chi connectivity index (χ4v) is 4.44. The van der Waals surface area contributed by atoms with Gasteiger partial charge in [-0.25, -0.2) is 14.6 Å². The number of aliphatic hydroxyl groups is 3. The van der Waals surface area contributed by atoms with Crippen LogP contribution in [0.4, 0.5) is 9.59 Å². The van der Waals surface area contributed by atoms with Gasteiger partial charge in [0.05, 0.1) is 50.4 Å². The van der Waals surface area contributed by atoms with Gasteiger partial charge in [0.25, 0.3) is 0 Å². The standard InChI is InChI=1S/C7H9NOS2.C5H5NS.C4H8O3S2.C2H3ClO2S.C2H6OS.CH2Cl2.CH4/c9-5-6-10-11-7-3-1-2-4-8-7;7-5-3-1-2-4-6-5;1-7-4(6)9-8-3-2-5;1-5-2(4)6-3;3-1-2-4;2-1-3;/h1-4,9H,5-6H2;1-4H,(H,6,7);5H,2-3H2,1H3;1H3;3-4H,1-2H2;1H2;1H4. The zero-order chi connectivity index (χ0) is 31.3. The molecule has 0 aliphatic carbocycles. The van der Waals surface area contributed by atoms with Gasteiger partial charge in [-0.15, -0.1) is 23.2 Å². The molecule has 9 nitrogen and oxygen atoms in total. The zero-order valence-electron chi connectivity index (χ0n) is 21.5. The van der Waals surface area contributed by atoms with Crippen LogP contribution in [0, 0.1) is 4.64 Å². The van der Waals surface area contributed by atoms with Crippen LogP contribution in [-0.2, 0) is 9.47 Å². The molecule has 2 aromatic heterocycles. The van der Waals surface area contributed by atoms with E-state index in [1.54, 1.807) is 27.8 Å². The molecular weight excluding hydrogens is 735 g/mol. The van der Waals surface area contributed by atoms with E-state index in [1.165, 1.54) is 25.0 Å². The van der Waals surface area contributed by atoms with Crippen molar-refractivity contribution in [3.63, 3.8) is 0 Å². The highest BCUT2D eigenvalue weighted by atomic mass is 35.7. The molecule has 0 saturated carbocycles. The lowest BCUT2D eigenvalue weighted by atomic mass is 10.5. The van der Waals surface area contributed by atoms with Crippen molar-refractivity contribution in [2.75, 3.05) is 56.6 Å². The van der Waals surface area contributed by atoms with Gasteiger partial charge >= 0.3 is 10.6 Å². The first-order chi connectivity index (χ1) is 19.3. The van der Waals surface area contributed by atoms with E-state index >= 15 is 0 Å². The monoisotopic (exact) mass is 770 g/mol. The van der Waals surface area contributed by atoms with Gasteiger partial charge in [-0.1, -0.05) is 53.4 Å². The van der Waals surface area contributed by atoms with E-state index in [2.05, 4.69) is 32.1 Å². The largest absolute Gasteiger partial charge is 0.460 e. The number of methoxy groups -OCH3 is 2. The maximum atomic E-state index is 10.3. The van der Waals surface area contributed by atoms with Gasteiger partial charge in [0, 0.05) is 40.4 Å². The van der Waals surface area contributed by atoms with Gasteiger partial charge in [0.15, 0.2) is 0 Å². The molecule has 19 heteroatoms. The number of alkyl halides is 2. The van der Waals surface area contributed by atoms with Crippen LogP contribution in [0.1, 0.15) is 7.43 Å². The van der Waals surface area contributed by atoms with E-state index in [0.29, 0.717) is 22.5 Å². The Morgan fingerprint density at radius 2 is 1.51 bits per heavy atom. The van der Waals surface area contributed by atoms with E-state index in [9.17, 15) is 9.59 Å². The van der Waals surface area contributed by atoms with E-state index in [-0.39, 0.29) is 37.9 Å². The van der Waals surface area contributed by atoms with Crippen molar-refractivity contribution < 1.29 is 34.4 Å². The van der Waals surface area contributed by atoms with Crippen molar-refractivity contribution in [1.29, 1.82) is 0 Å². The first-order valence-electron chi connectivity index (χ1n) is 10.4. The van der Waals surface area contributed by atoms with Gasteiger partial charge in [-0.2, -0.15) is 12.6 Å². The van der Waals surface area contributed by atoms with Gasteiger partial charge < -0.3 is 29.8 Å². The second kappa shape index (κ2) is 47.2. The molecular formula is C22H37Cl3N2O7S7. The highest BCUT2D eigenvalue weighted by Crippen LogP contribution is 2.28. The number of ether oxygens (including phenoxy) is 2. The number of nitrogens with one attached hydrogen (secondary N) is 1. The zero-order valence-corrected chi connectivity index (χ0v) is 29.6. The predicted molar refractivity (Wildman–Crippen MR) is 191 cm³/mol. The van der Waals surface area contributed by atoms with Gasteiger partial charge in [0.1, 0.15) is 9.67 Å². The molecule has 0 bridgehead atoms. The Kier molecular flexibility index (Phi) is 58.7.